The Balaban J connectivity index is 1.78. The van der Waals surface area contributed by atoms with Crippen LogP contribution in [0.4, 0.5) is 0 Å². The fourth-order valence-corrected chi connectivity index (χ4v) is 2.30. The van der Waals surface area contributed by atoms with Crippen molar-refractivity contribution < 1.29 is 4.74 Å². The predicted octanol–water partition coefficient (Wildman–Crippen LogP) is 3.16. The van der Waals surface area contributed by atoms with E-state index >= 15 is 0 Å². The van der Waals surface area contributed by atoms with Crippen LogP contribution in [-0.4, -0.2) is 19.2 Å². The Bertz CT molecular complexity index is 310. The number of aryl methyl sites for hydroxylation is 1. The van der Waals surface area contributed by atoms with Crippen LogP contribution in [-0.2, 0) is 6.42 Å². The van der Waals surface area contributed by atoms with Crippen molar-refractivity contribution in [1.82, 2.24) is 5.32 Å². The highest BCUT2D eigenvalue weighted by molar-refractivity contribution is 5.34. The van der Waals surface area contributed by atoms with Gasteiger partial charge in [-0.15, -0.1) is 0 Å². The molecule has 1 aliphatic heterocycles. The van der Waals surface area contributed by atoms with Crippen molar-refractivity contribution in [2.45, 2.75) is 45.1 Å². The molecule has 1 aromatic rings. The molecule has 1 atom stereocenters. The number of para-hydroxylation sites is 1. The van der Waals surface area contributed by atoms with E-state index < -0.39 is 0 Å². The van der Waals surface area contributed by atoms with E-state index in [2.05, 4.69) is 30.4 Å². The van der Waals surface area contributed by atoms with Gasteiger partial charge in [-0.05, 0) is 37.4 Å². The van der Waals surface area contributed by atoms with E-state index in [9.17, 15) is 0 Å². The number of benzene rings is 1. The van der Waals surface area contributed by atoms with Crippen molar-refractivity contribution in [3.05, 3.63) is 29.8 Å². The van der Waals surface area contributed by atoms with Gasteiger partial charge in [-0.2, -0.15) is 0 Å². The summed E-state index contributed by atoms with van der Waals surface area (Å²) < 4.78 is 5.86. The van der Waals surface area contributed by atoms with Crippen LogP contribution in [0.2, 0.25) is 0 Å². The van der Waals surface area contributed by atoms with Gasteiger partial charge in [-0.1, -0.05) is 38.0 Å². The van der Waals surface area contributed by atoms with E-state index in [0.29, 0.717) is 6.04 Å². The average molecular weight is 233 g/mol. The van der Waals surface area contributed by atoms with Crippen LogP contribution in [0, 0.1) is 0 Å². The summed E-state index contributed by atoms with van der Waals surface area (Å²) in [7, 11) is 0. The van der Waals surface area contributed by atoms with E-state index in [0.717, 1.165) is 25.3 Å². The van der Waals surface area contributed by atoms with Gasteiger partial charge in [0.2, 0.25) is 0 Å². The van der Waals surface area contributed by atoms with Gasteiger partial charge in [0.1, 0.15) is 12.4 Å². The summed E-state index contributed by atoms with van der Waals surface area (Å²) in [5, 5.41) is 3.61. The van der Waals surface area contributed by atoms with Gasteiger partial charge in [-0.25, -0.2) is 0 Å². The number of hydrogen-bond acceptors (Lipinski definition) is 2. The lowest BCUT2D eigenvalue weighted by Gasteiger charge is -2.15. The number of ether oxygens (including phenoxy) is 1. The van der Waals surface area contributed by atoms with Crippen molar-refractivity contribution in [2.24, 2.45) is 0 Å². The number of fused-ring (bicyclic) bond motifs is 1. The lowest BCUT2D eigenvalue weighted by Crippen LogP contribution is -2.34. The minimum absolute atomic E-state index is 0.513. The summed E-state index contributed by atoms with van der Waals surface area (Å²) in [5.41, 5.74) is 1.35. The summed E-state index contributed by atoms with van der Waals surface area (Å²) in [4.78, 5) is 0. The standard InChI is InChI=1S/C15H23NO/c1-2-3-6-11-16-14-10-9-13-7-4-5-8-15(13)17-12-14/h4-5,7-8,14,16H,2-3,6,9-12H2,1H3. The highest BCUT2D eigenvalue weighted by atomic mass is 16.5. The summed E-state index contributed by atoms with van der Waals surface area (Å²) >= 11 is 0. The third-order valence-electron chi connectivity index (χ3n) is 3.39. The molecule has 1 N–H and O–H groups in total. The molecule has 1 aromatic carbocycles. The molecular formula is C15H23NO. The molecule has 0 aliphatic carbocycles. The van der Waals surface area contributed by atoms with Gasteiger partial charge >= 0.3 is 0 Å². The van der Waals surface area contributed by atoms with Gasteiger partial charge in [0.25, 0.3) is 0 Å². The molecule has 0 radical (unpaired) electrons. The lowest BCUT2D eigenvalue weighted by atomic mass is 10.1. The molecule has 2 heteroatoms. The Hall–Kier alpha value is -1.02. The fourth-order valence-electron chi connectivity index (χ4n) is 2.30. The Morgan fingerprint density at radius 3 is 3.06 bits per heavy atom. The maximum absolute atomic E-state index is 5.86. The van der Waals surface area contributed by atoms with Gasteiger partial charge < -0.3 is 10.1 Å². The number of rotatable bonds is 5. The van der Waals surface area contributed by atoms with E-state index in [1.165, 1.54) is 31.2 Å². The van der Waals surface area contributed by atoms with E-state index in [4.69, 9.17) is 4.74 Å². The first kappa shape index (κ1) is 12.4. The Morgan fingerprint density at radius 2 is 2.18 bits per heavy atom. The number of unbranched alkanes of at least 4 members (excludes halogenated alkanes) is 2. The van der Waals surface area contributed by atoms with Crippen LogP contribution >= 0.6 is 0 Å². The molecule has 94 valence electrons. The van der Waals surface area contributed by atoms with Gasteiger partial charge in [0.15, 0.2) is 0 Å². The third-order valence-corrected chi connectivity index (χ3v) is 3.39. The van der Waals surface area contributed by atoms with Crippen molar-refractivity contribution >= 4 is 0 Å². The summed E-state index contributed by atoms with van der Waals surface area (Å²) in [5.74, 6) is 1.07. The molecule has 17 heavy (non-hydrogen) atoms. The molecule has 0 aromatic heterocycles. The zero-order valence-electron chi connectivity index (χ0n) is 10.7. The van der Waals surface area contributed by atoms with Gasteiger partial charge in [-0.3, -0.25) is 0 Å². The first-order valence-corrected chi connectivity index (χ1v) is 6.84. The monoisotopic (exact) mass is 233 g/mol. The summed E-state index contributed by atoms with van der Waals surface area (Å²) in [6.45, 7) is 4.17. The van der Waals surface area contributed by atoms with Crippen molar-refractivity contribution in [2.75, 3.05) is 13.2 Å². The van der Waals surface area contributed by atoms with Crippen LogP contribution in [0.1, 0.15) is 38.2 Å². The molecule has 0 spiro atoms. The molecule has 0 amide bonds. The zero-order valence-corrected chi connectivity index (χ0v) is 10.7. The minimum Gasteiger partial charge on any atom is -0.492 e. The number of hydrogen-bond donors (Lipinski definition) is 1. The normalized spacial score (nSPS) is 19.2. The Labute approximate surface area is 104 Å². The molecule has 1 unspecified atom stereocenters. The van der Waals surface area contributed by atoms with Crippen molar-refractivity contribution in [3.8, 4) is 5.75 Å². The maximum Gasteiger partial charge on any atom is 0.122 e. The first-order valence-electron chi connectivity index (χ1n) is 6.84. The van der Waals surface area contributed by atoms with Gasteiger partial charge in [0, 0.05) is 6.04 Å². The average Bonchev–Trinajstić information content (AvgIpc) is 2.58. The highest BCUT2D eigenvalue weighted by Crippen LogP contribution is 2.23. The SMILES string of the molecule is CCCCCNC1CCc2ccccc2OC1. The fraction of sp³-hybridized carbons (Fsp3) is 0.600. The zero-order chi connectivity index (χ0) is 11.9. The molecule has 0 bridgehead atoms. The van der Waals surface area contributed by atoms with Crippen molar-refractivity contribution in [1.29, 1.82) is 0 Å². The summed E-state index contributed by atoms with van der Waals surface area (Å²) in [6.07, 6.45) is 6.19. The minimum atomic E-state index is 0.513. The second kappa shape index (κ2) is 6.65. The number of nitrogens with one attached hydrogen (secondary N) is 1. The van der Waals surface area contributed by atoms with E-state index in [1.807, 2.05) is 6.07 Å². The van der Waals surface area contributed by atoms with Crippen molar-refractivity contribution in [3.63, 3.8) is 0 Å². The Morgan fingerprint density at radius 1 is 1.29 bits per heavy atom. The van der Waals surface area contributed by atoms with Crippen LogP contribution in [0.5, 0.6) is 5.75 Å². The topological polar surface area (TPSA) is 21.3 Å². The van der Waals surface area contributed by atoms with Crippen LogP contribution in [0.25, 0.3) is 0 Å². The lowest BCUT2D eigenvalue weighted by molar-refractivity contribution is 0.267. The van der Waals surface area contributed by atoms with Crippen LogP contribution < -0.4 is 10.1 Å². The first-order chi connectivity index (χ1) is 8.40. The second-order valence-corrected chi connectivity index (χ2v) is 4.82. The summed E-state index contributed by atoms with van der Waals surface area (Å²) in [6, 6.07) is 8.91. The molecule has 0 fully saturated rings. The molecule has 1 heterocycles. The molecule has 2 nitrogen and oxygen atoms in total. The smallest absolute Gasteiger partial charge is 0.122 e. The van der Waals surface area contributed by atoms with Crippen LogP contribution in [0.15, 0.2) is 24.3 Å². The molecular weight excluding hydrogens is 210 g/mol. The van der Waals surface area contributed by atoms with E-state index in [1.54, 1.807) is 0 Å². The highest BCUT2D eigenvalue weighted by Gasteiger charge is 2.15. The molecule has 1 aliphatic rings. The van der Waals surface area contributed by atoms with Crippen LogP contribution in [0.3, 0.4) is 0 Å². The maximum atomic E-state index is 5.86. The largest absolute Gasteiger partial charge is 0.492 e. The van der Waals surface area contributed by atoms with Gasteiger partial charge in [0.05, 0.1) is 0 Å². The third kappa shape index (κ3) is 3.74. The molecule has 0 saturated carbocycles. The quantitative estimate of drug-likeness (QED) is 0.789. The molecule has 2 rings (SSSR count). The molecule has 0 saturated heterocycles. The second-order valence-electron chi connectivity index (χ2n) is 4.82. The van der Waals surface area contributed by atoms with E-state index in [-0.39, 0.29) is 0 Å². The predicted molar refractivity (Wildman–Crippen MR) is 71.6 cm³/mol. The Kier molecular flexibility index (Phi) is 4.87.